The number of benzene rings is 2. The largest absolute Gasteiger partial charge is 0.493 e. The Hall–Kier alpha value is -3.46. The summed E-state index contributed by atoms with van der Waals surface area (Å²) >= 11 is 1.49. The molecule has 2 amide bonds. The third-order valence-corrected chi connectivity index (χ3v) is 5.84. The van der Waals surface area contributed by atoms with E-state index in [4.69, 9.17) is 15.2 Å². The summed E-state index contributed by atoms with van der Waals surface area (Å²) in [6.45, 7) is -0.259. The third kappa shape index (κ3) is 3.97. The number of amides is 2. The van der Waals surface area contributed by atoms with Crippen LogP contribution in [-0.4, -0.2) is 40.8 Å². The fourth-order valence-corrected chi connectivity index (χ4v) is 4.39. The van der Waals surface area contributed by atoms with Crippen molar-refractivity contribution < 1.29 is 19.1 Å². The van der Waals surface area contributed by atoms with E-state index in [9.17, 15) is 9.59 Å². The number of nitrogens with zero attached hydrogens (tertiary/aromatic N) is 2. The summed E-state index contributed by atoms with van der Waals surface area (Å²) in [6, 6.07) is 15.3. The summed E-state index contributed by atoms with van der Waals surface area (Å²) in [5.74, 6) is 1.01. The lowest BCUT2D eigenvalue weighted by molar-refractivity contribution is -0.120. The van der Waals surface area contributed by atoms with E-state index < -0.39 is 5.91 Å². The molecule has 0 bridgehead atoms. The van der Waals surface area contributed by atoms with Crippen LogP contribution in [0.4, 0.5) is 5.82 Å². The first-order valence-corrected chi connectivity index (χ1v) is 10.2. The molecule has 9 heteroatoms. The second-order valence-electron chi connectivity index (χ2n) is 6.59. The number of carbonyl (C=O) groups excluding carboxylic acids is 2. The predicted octanol–water partition coefficient (Wildman–Crippen LogP) is 2.52. The van der Waals surface area contributed by atoms with Gasteiger partial charge in [0.2, 0.25) is 5.91 Å². The molecule has 30 heavy (non-hydrogen) atoms. The van der Waals surface area contributed by atoms with Gasteiger partial charge in [0.15, 0.2) is 23.9 Å². The van der Waals surface area contributed by atoms with E-state index >= 15 is 0 Å². The van der Waals surface area contributed by atoms with Crippen LogP contribution in [0.15, 0.2) is 54.9 Å². The van der Waals surface area contributed by atoms with Gasteiger partial charge in [0.05, 0.1) is 23.8 Å². The molecule has 8 nitrogen and oxygen atoms in total. The molecule has 1 aliphatic rings. The normalized spacial score (nSPS) is 15.6. The van der Waals surface area contributed by atoms with Crippen molar-refractivity contribution in [3.63, 3.8) is 0 Å². The van der Waals surface area contributed by atoms with Crippen molar-refractivity contribution in [2.24, 2.45) is 5.73 Å². The van der Waals surface area contributed by atoms with Gasteiger partial charge >= 0.3 is 0 Å². The van der Waals surface area contributed by atoms with Crippen LogP contribution < -0.4 is 20.5 Å². The molecule has 0 saturated carbocycles. The molecule has 0 spiro atoms. The first-order chi connectivity index (χ1) is 14.6. The maximum Gasteiger partial charge on any atom is 0.255 e. The Bertz CT molecular complexity index is 1080. The molecule has 0 unspecified atom stereocenters. The average molecular weight is 424 g/mol. The summed E-state index contributed by atoms with van der Waals surface area (Å²) < 4.78 is 12.9. The van der Waals surface area contributed by atoms with Crippen LogP contribution in [0.2, 0.25) is 0 Å². The van der Waals surface area contributed by atoms with Gasteiger partial charge in [-0.1, -0.05) is 24.3 Å². The van der Waals surface area contributed by atoms with Gasteiger partial charge in [-0.3, -0.25) is 14.2 Å². The zero-order valence-electron chi connectivity index (χ0n) is 16.2. The Kier molecular flexibility index (Phi) is 5.62. The highest BCUT2D eigenvalue weighted by Crippen LogP contribution is 2.44. The molecule has 2 aromatic carbocycles. The first kappa shape index (κ1) is 19.8. The Morgan fingerprint density at radius 2 is 2.07 bits per heavy atom. The number of primary amides is 1. The lowest BCUT2D eigenvalue weighted by Crippen LogP contribution is -2.20. The van der Waals surface area contributed by atoms with Gasteiger partial charge < -0.3 is 20.5 Å². The number of carbonyl (C=O) groups is 2. The number of aromatic nitrogens is 2. The van der Waals surface area contributed by atoms with Crippen LogP contribution in [-0.2, 0) is 9.59 Å². The molecular formula is C21H20N4O4S. The van der Waals surface area contributed by atoms with Crippen molar-refractivity contribution in [3.05, 3.63) is 66.1 Å². The van der Waals surface area contributed by atoms with Gasteiger partial charge in [-0.05, 0) is 29.8 Å². The second-order valence-corrected chi connectivity index (χ2v) is 7.68. The number of para-hydroxylation sites is 1. The van der Waals surface area contributed by atoms with Crippen LogP contribution in [0.25, 0.3) is 5.69 Å². The maximum atomic E-state index is 12.2. The Morgan fingerprint density at radius 1 is 1.27 bits per heavy atom. The number of hydrogen-bond acceptors (Lipinski definition) is 6. The quantitative estimate of drug-likeness (QED) is 0.629. The van der Waals surface area contributed by atoms with E-state index in [0.717, 1.165) is 16.9 Å². The first-order valence-electron chi connectivity index (χ1n) is 9.20. The summed E-state index contributed by atoms with van der Waals surface area (Å²) in [4.78, 5) is 27.8. The second kappa shape index (κ2) is 8.50. The van der Waals surface area contributed by atoms with E-state index in [-0.39, 0.29) is 23.5 Å². The molecule has 1 aromatic heterocycles. The zero-order valence-corrected chi connectivity index (χ0v) is 17.0. The Morgan fingerprint density at radius 3 is 2.80 bits per heavy atom. The van der Waals surface area contributed by atoms with Gasteiger partial charge in [-0.25, -0.2) is 4.98 Å². The smallest absolute Gasteiger partial charge is 0.255 e. The monoisotopic (exact) mass is 424 g/mol. The maximum absolute atomic E-state index is 12.2. The molecular weight excluding hydrogens is 404 g/mol. The van der Waals surface area contributed by atoms with Crippen molar-refractivity contribution in [3.8, 4) is 17.2 Å². The highest BCUT2D eigenvalue weighted by atomic mass is 32.2. The molecule has 1 aliphatic heterocycles. The lowest BCUT2D eigenvalue weighted by atomic mass is 10.1. The molecule has 0 saturated heterocycles. The summed E-state index contributed by atoms with van der Waals surface area (Å²) in [5, 5.41) is 2.68. The third-order valence-electron chi connectivity index (χ3n) is 4.59. The number of nitrogens with two attached hydrogens (primary N) is 1. The van der Waals surface area contributed by atoms with Gasteiger partial charge in [-0.15, -0.1) is 11.8 Å². The van der Waals surface area contributed by atoms with Crippen LogP contribution >= 0.6 is 11.8 Å². The number of methoxy groups -OCH3 is 1. The molecule has 2 heterocycles. The fourth-order valence-electron chi connectivity index (χ4n) is 3.28. The number of rotatable bonds is 6. The summed E-state index contributed by atoms with van der Waals surface area (Å²) in [6.07, 6.45) is 1.70. The minimum Gasteiger partial charge on any atom is -0.493 e. The number of hydrogen-bond donors (Lipinski definition) is 2. The Balaban J connectivity index is 1.80. The number of anilines is 1. The van der Waals surface area contributed by atoms with Crippen LogP contribution in [0.3, 0.4) is 0 Å². The number of fused-ring (bicyclic) bond motifs is 1. The molecule has 1 atom stereocenters. The van der Waals surface area contributed by atoms with Crippen molar-refractivity contribution in [1.82, 2.24) is 9.55 Å². The van der Waals surface area contributed by atoms with Gasteiger partial charge in [0.25, 0.3) is 5.91 Å². The van der Waals surface area contributed by atoms with Gasteiger partial charge in [-0.2, -0.15) is 0 Å². The molecule has 154 valence electrons. The summed E-state index contributed by atoms with van der Waals surface area (Å²) in [5.41, 5.74) is 7.89. The number of nitrogens with one attached hydrogen (secondary N) is 1. The predicted molar refractivity (Wildman–Crippen MR) is 114 cm³/mol. The molecule has 3 aromatic rings. The number of imidazole rings is 1. The highest BCUT2D eigenvalue weighted by molar-refractivity contribution is 8.00. The van der Waals surface area contributed by atoms with E-state index in [1.165, 1.54) is 18.9 Å². The van der Waals surface area contributed by atoms with Crippen molar-refractivity contribution in [2.45, 2.75) is 5.25 Å². The number of thioether (sulfide) groups is 1. The van der Waals surface area contributed by atoms with Crippen LogP contribution in [0.5, 0.6) is 11.5 Å². The van der Waals surface area contributed by atoms with E-state index in [2.05, 4.69) is 10.3 Å². The Labute approximate surface area is 177 Å². The minimum absolute atomic E-state index is 0.110. The van der Waals surface area contributed by atoms with Crippen molar-refractivity contribution in [2.75, 3.05) is 24.8 Å². The standard InChI is InChI=1S/C21H20N4O4S/c1-28-15-8-7-13(9-16(15)29-10-17(22)26)20-19-21(24-18(27)11-30-20)23-12-25(19)14-5-3-2-4-6-14/h2-9,12,20H,10-11H2,1H3,(H2,22,26)(H,24,27)/t20-/m0/s1. The van der Waals surface area contributed by atoms with E-state index in [1.807, 2.05) is 41.0 Å². The van der Waals surface area contributed by atoms with Crippen LogP contribution in [0.1, 0.15) is 16.5 Å². The molecule has 3 N–H and O–H groups in total. The minimum atomic E-state index is -0.578. The fraction of sp³-hybridized carbons (Fsp3) is 0.190. The van der Waals surface area contributed by atoms with E-state index in [1.54, 1.807) is 18.5 Å². The topological polar surface area (TPSA) is 108 Å². The molecule has 0 radical (unpaired) electrons. The van der Waals surface area contributed by atoms with Gasteiger partial charge in [0, 0.05) is 5.69 Å². The van der Waals surface area contributed by atoms with Gasteiger partial charge in [0.1, 0.15) is 6.33 Å². The summed E-state index contributed by atoms with van der Waals surface area (Å²) in [7, 11) is 1.53. The van der Waals surface area contributed by atoms with E-state index in [0.29, 0.717) is 17.3 Å². The average Bonchev–Trinajstić information content (AvgIpc) is 3.08. The molecule has 0 fully saturated rings. The van der Waals surface area contributed by atoms with Crippen molar-refractivity contribution in [1.29, 1.82) is 0 Å². The lowest BCUT2D eigenvalue weighted by Gasteiger charge is -2.20. The van der Waals surface area contributed by atoms with Crippen LogP contribution in [0, 0.1) is 0 Å². The highest BCUT2D eigenvalue weighted by Gasteiger charge is 2.30. The zero-order chi connectivity index (χ0) is 21.1. The number of ether oxygens (including phenoxy) is 2. The van der Waals surface area contributed by atoms with Crippen molar-refractivity contribution >= 4 is 29.4 Å². The molecule has 4 rings (SSSR count). The SMILES string of the molecule is COc1ccc([C@@H]2SCC(=O)Nc3ncn(-c4ccccc4)c32)cc1OCC(N)=O. The molecule has 0 aliphatic carbocycles.